The molecule has 1 unspecified atom stereocenters. The number of aromatic amines is 1. The zero-order chi connectivity index (χ0) is 19.8. The number of fused-ring (bicyclic) bond motifs is 1. The molecule has 27 heavy (non-hydrogen) atoms. The normalized spacial score (nSPS) is 13.3. The number of anilines is 1. The molecule has 3 aromatic rings. The summed E-state index contributed by atoms with van der Waals surface area (Å²) in [5.41, 5.74) is 1.28. The molecule has 0 spiro atoms. The lowest BCUT2D eigenvalue weighted by atomic mass is 10.1. The van der Waals surface area contributed by atoms with Crippen LogP contribution in [0.15, 0.2) is 40.2 Å². The lowest BCUT2D eigenvalue weighted by Gasteiger charge is -2.20. The highest BCUT2D eigenvalue weighted by atomic mass is 32.2. The topological polar surface area (TPSA) is 75.6 Å². The highest BCUT2D eigenvalue weighted by Gasteiger charge is 2.20. The Morgan fingerprint density at radius 2 is 1.81 bits per heavy atom. The maximum Gasteiger partial charge on any atom is 0.263 e. The van der Waals surface area contributed by atoms with Crippen molar-refractivity contribution in [3.05, 3.63) is 46.4 Å². The Bertz CT molecular complexity index is 982. The maximum atomic E-state index is 12.4. The van der Waals surface area contributed by atoms with E-state index in [0.29, 0.717) is 22.2 Å². The van der Waals surface area contributed by atoms with Gasteiger partial charge in [-0.2, -0.15) is 10.1 Å². The minimum absolute atomic E-state index is 0.00899. The molecule has 0 amide bonds. The molecule has 144 valence electrons. The number of aromatic nitrogens is 4. The van der Waals surface area contributed by atoms with Crippen LogP contribution in [0.5, 0.6) is 0 Å². The van der Waals surface area contributed by atoms with Crippen molar-refractivity contribution in [1.82, 2.24) is 19.7 Å². The average Bonchev–Trinajstić information content (AvgIpc) is 2.99. The molecule has 6 nitrogen and oxygen atoms in total. The summed E-state index contributed by atoms with van der Waals surface area (Å²) in [4.78, 5) is 21.1. The molecule has 2 heterocycles. The van der Waals surface area contributed by atoms with Crippen LogP contribution in [-0.4, -0.2) is 25.0 Å². The van der Waals surface area contributed by atoms with E-state index < -0.39 is 0 Å². The second-order valence-corrected chi connectivity index (χ2v) is 9.63. The highest BCUT2D eigenvalue weighted by molar-refractivity contribution is 7.99. The predicted octanol–water partition coefficient (Wildman–Crippen LogP) is 4.55. The molecule has 2 N–H and O–H groups in total. The quantitative estimate of drug-likeness (QED) is 0.630. The molecule has 7 heteroatoms. The van der Waals surface area contributed by atoms with Gasteiger partial charge < -0.3 is 5.32 Å². The fourth-order valence-electron chi connectivity index (χ4n) is 2.87. The van der Waals surface area contributed by atoms with Gasteiger partial charge in [0.1, 0.15) is 5.39 Å². The van der Waals surface area contributed by atoms with Crippen LogP contribution in [0.4, 0.5) is 5.95 Å². The number of rotatable bonds is 5. The largest absolute Gasteiger partial charge is 0.349 e. The summed E-state index contributed by atoms with van der Waals surface area (Å²) in [5.74, 6) is 0.451. The molecule has 1 aromatic carbocycles. The Kier molecular flexibility index (Phi) is 5.33. The lowest BCUT2D eigenvalue weighted by molar-refractivity contribution is 0.366. The molecule has 0 aliphatic carbocycles. The van der Waals surface area contributed by atoms with Crippen LogP contribution in [-0.2, 0) is 5.54 Å². The van der Waals surface area contributed by atoms with Gasteiger partial charge in [-0.15, -0.1) is 11.8 Å². The van der Waals surface area contributed by atoms with Gasteiger partial charge in [-0.3, -0.25) is 9.78 Å². The molecular formula is C20H27N5OS. The minimum Gasteiger partial charge on any atom is -0.349 e. The smallest absolute Gasteiger partial charge is 0.263 e. The third-order valence-corrected chi connectivity index (χ3v) is 5.19. The summed E-state index contributed by atoms with van der Waals surface area (Å²) in [5, 5.41) is 8.70. The molecule has 0 aliphatic heterocycles. The van der Waals surface area contributed by atoms with Crippen LogP contribution in [0.25, 0.3) is 11.0 Å². The Morgan fingerprint density at radius 3 is 2.41 bits per heavy atom. The van der Waals surface area contributed by atoms with E-state index >= 15 is 0 Å². The Labute approximate surface area is 163 Å². The van der Waals surface area contributed by atoms with E-state index in [2.05, 4.69) is 65.4 Å². The molecule has 0 bridgehead atoms. The summed E-state index contributed by atoms with van der Waals surface area (Å²) < 4.78 is 1.78. The van der Waals surface area contributed by atoms with Crippen LogP contribution in [0.3, 0.4) is 0 Å². The summed E-state index contributed by atoms with van der Waals surface area (Å²) in [7, 11) is 0. The van der Waals surface area contributed by atoms with Crippen molar-refractivity contribution >= 4 is 28.7 Å². The highest BCUT2D eigenvalue weighted by Crippen LogP contribution is 2.26. The Morgan fingerprint density at radius 1 is 1.15 bits per heavy atom. The van der Waals surface area contributed by atoms with Gasteiger partial charge in [0.05, 0.1) is 17.8 Å². The third kappa shape index (κ3) is 4.35. The zero-order valence-electron chi connectivity index (χ0n) is 16.7. The van der Waals surface area contributed by atoms with E-state index in [1.807, 2.05) is 32.5 Å². The molecule has 0 radical (unpaired) electrons. The standard InChI is InChI=1S/C20H27N5OS/c1-12(2)27-15-9-7-14(8-10-15)13(3)22-19-23-17-16(18(26)24-19)11-21-25(17)20(4,5)6/h7-13H,1-6H3,(H2,22,23,24,26). The number of H-pyrrole nitrogens is 1. The van der Waals surface area contributed by atoms with Gasteiger partial charge in [0.15, 0.2) is 5.65 Å². The number of thioether (sulfide) groups is 1. The summed E-state index contributed by atoms with van der Waals surface area (Å²) in [6.45, 7) is 12.5. The maximum absolute atomic E-state index is 12.4. The van der Waals surface area contributed by atoms with Crippen molar-refractivity contribution in [3.8, 4) is 0 Å². The SMILES string of the molecule is CC(C)Sc1ccc(C(C)Nc2nc3c(cnn3C(C)(C)C)c(=O)[nH]2)cc1. The van der Waals surface area contributed by atoms with Gasteiger partial charge in [0.2, 0.25) is 5.95 Å². The molecule has 1 atom stereocenters. The van der Waals surface area contributed by atoms with Crippen LogP contribution >= 0.6 is 11.8 Å². The monoisotopic (exact) mass is 385 g/mol. The third-order valence-electron chi connectivity index (χ3n) is 4.18. The fourth-order valence-corrected chi connectivity index (χ4v) is 3.71. The molecular weight excluding hydrogens is 358 g/mol. The van der Waals surface area contributed by atoms with Crippen molar-refractivity contribution in [2.75, 3.05) is 5.32 Å². The molecule has 0 fully saturated rings. The minimum atomic E-state index is -0.255. The first-order valence-corrected chi connectivity index (χ1v) is 10.0. The van der Waals surface area contributed by atoms with Crippen LogP contribution in [0.2, 0.25) is 0 Å². The zero-order valence-corrected chi connectivity index (χ0v) is 17.5. The van der Waals surface area contributed by atoms with Gasteiger partial charge in [-0.05, 0) is 45.4 Å². The van der Waals surface area contributed by atoms with E-state index in [-0.39, 0.29) is 17.1 Å². The van der Waals surface area contributed by atoms with E-state index in [1.165, 1.54) is 4.90 Å². The van der Waals surface area contributed by atoms with Crippen LogP contribution in [0.1, 0.15) is 53.1 Å². The van der Waals surface area contributed by atoms with Gasteiger partial charge in [-0.25, -0.2) is 4.68 Å². The fraction of sp³-hybridized carbons (Fsp3) is 0.450. The lowest BCUT2D eigenvalue weighted by Crippen LogP contribution is -2.24. The molecule has 0 saturated carbocycles. The van der Waals surface area contributed by atoms with Crippen molar-refractivity contribution < 1.29 is 0 Å². The average molecular weight is 386 g/mol. The number of hydrogen-bond acceptors (Lipinski definition) is 5. The van der Waals surface area contributed by atoms with Crippen molar-refractivity contribution in [2.45, 2.75) is 63.3 Å². The second-order valence-electron chi connectivity index (χ2n) is 7.98. The first-order chi connectivity index (χ1) is 12.6. The van der Waals surface area contributed by atoms with E-state index in [4.69, 9.17) is 0 Å². The van der Waals surface area contributed by atoms with Crippen LogP contribution in [0, 0.1) is 0 Å². The summed E-state index contributed by atoms with van der Waals surface area (Å²) >= 11 is 1.84. The first-order valence-electron chi connectivity index (χ1n) is 9.17. The van der Waals surface area contributed by atoms with E-state index in [0.717, 1.165) is 5.56 Å². The first kappa shape index (κ1) is 19.5. The van der Waals surface area contributed by atoms with Gasteiger partial charge in [0.25, 0.3) is 5.56 Å². The molecule has 3 rings (SSSR count). The van der Waals surface area contributed by atoms with Crippen molar-refractivity contribution in [3.63, 3.8) is 0 Å². The van der Waals surface area contributed by atoms with Crippen molar-refractivity contribution in [2.24, 2.45) is 0 Å². The molecule has 0 aliphatic rings. The van der Waals surface area contributed by atoms with Gasteiger partial charge >= 0.3 is 0 Å². The van der Waals surface area contributed by atoms with E-state index in [1.54, 1.807) is 10.9 Å². The van der Waals surface area contributed by atoms with Gasteiger partial charge in [-0.1, -0.05) is 26.0 Å². The number of nitrogens with one attached hydrogen (secondary N) is 2. The van der Waals surface area contributed by atoms with Gasteiger partial charge in [0, 0.05) is 10.1 Å². The number of hydrogen-bond donors (Lipinski definition) is 2. The summed E-state index contributed by atoms with van der Waals surface area (Å²) in [6.07, 6.45) is 1.57. The Balaban J connectivity index is 1.86. The second kappa shape index (κ2) is 7.38. The number of nitrogens with zero attached hydrogens (tertiary/aromatic N) is 3. The molecule has 2 aromatic heterocycles. The summed E-state index contributed by atoms with van der Waals surface area (Å²) in [6, 6.07) is 8.49. The number of benzene rings is 1. The Hall–Kier alpha value is -2.28. The predicted molar refractivity (Wildman–Crippen MR) is 113 cm³/mol. The van der Waals surface area contributed by atoms with E-state index in [9.17, 15) is 4.79 Å². The van der Waals surface area contributed by atoms with Crippen molar-refractivity contribution in [1.29, 1.82) is 0 Å². The molecule has 0 saturated heterocycles. The van der Waals surface area contributed by atoms with Crippen LogP contribution < -0.4 is 10.9 Å².